The highest BCUT2D eigenvalue weighted by Crippen LogP contribution is 2.41. The van der Waals surface area contributed by atoms with Gasteiger partial charge in [0.15, 0.2) is 0 Å². The predicted octanol–water partition coefficient (Wildman–Crippen LogP) is 3.18. The normalized spacial score (nSPS) is 17.3. The third-order valence-electron chi connectivity index (χ3n) is 3.98. The molecule has 0 saturated carbocycles. The Hall–Kier alpha value is -2.47. The van der Waals surface area contributed by atoms with Crippen LogP contribution in [0.1, 0.15) is 29.3 Å². The molecule has 2 N–H and O–H groups in total. The Morgan fingerprint density at radius 1 is 1.32 bits per heavy atom. The Morgan fingerprint density at radius 3 is 3.05 bits per heavy atom. The van der Waals surface area contributed by atoms with Crippen molar-refractivity contribution in [2.24, 2.45) is 0 Å². The molecule has 1 amide bonds. The van der Waals surface area contributed by atoms with Gasteiger partial charge in [0, 0.05) is 29.0 Å². The number of hydrogen-bond acceptors (Lipinski definition) is 5. The molecule has 110 valence electrons. The van der Waals surface area contributed by atoms with Gasteiger partial charge in [0.05, 0.1) is 5.69 Å². The molecule has 0 fully saturated rings. The van der Waals surface area contributed by atoms with Gasteiger partial charge in [-0.2, -0.15) is 4.37 Å². The Kier molecular flexibility index (Phi) is 2.87. The number of phenols is 1. The van der Waals surface area contributed by atoms with Crippen molar-refractivity contribution >= 4 is 33.3 Å². The average Bonchev–Trinajstić information content (AvgIpc) is 2.88. The van der Waals surface area contributed by atoms with Crippen LogP contribution in [0.5, 0.6) is 5.75 Å². The molecule has 6 heteroatoms. The first-order chi connectivity index (χ1) is 10.6. The van der Waals surface area contributed by atoms with Gasteiger partial charge < -0.3 is 10.4 Å². The zero-order valence-electron chi connectivity index (χ0n) is 11.8. The monoisotopic (exact) mass is 311 g/mol. The number of nitrogens with one attached hydrogen (secondary N) is 1. The molecule has 5 nitrogen and oxygen atoms in total. The Bertz CT molecular complexity index is 904. The number of phenolic OH excluding ortho intramolecular Hbond substituents is 1. The third kappa shape index (κ3) is 1.95. The minimum atomic E-state index is -0.119. The molecule has 3 heterocycles. The summed E-state index contributed by atoms with van der Waals surface area (Å²) < 4.78 is 4.34. The first-order valence-electron chi connectivity index (χ1n) is 6.98. The van der Waals surface area contributed by atoms with Crippen LogP contribution in [0.3, 0.4) is 0 Å². The van der Waals surface area contributed by atoms with E-state index in [1.807, 2.05) is 25.1 Å². The minimum Gasteiger partial charge on any atom is -0.506 e. The maximum absolute atomic E-state index is 11.9. The molecule has 0 aliphatic carbocycles. The van der Waals surface area contributed by atoms with Crippen molar-refractivity contribution in [2.75, 3.05) is 5.32 Å². The number of amides is 1. The van der Waals surface area contributed by atoms with Gasteiger partial charge in [-0.05, 0) is 30.6 Å². The molecule has 22 heavy (non-hydrogen) atoms. The number of aryl methyl sites for hydroxylation is 1. The van der Waals surface area contributed by atoms with Crippen molar-refractivity contribution in [2.45, 2.75) is 19.3 Å². The number of nitrogens with zero attached hydrogens (tertiary/aromatic N) is 2. The fourth-order valence-corrected chi connectivity index (χ4v) is 3.81. The SMILES string of the molecule is Cc1nsc2c1C(c1ccc3cccc(O)c3n1)CC(=O)N2. The van der Waals surface area contributed by atoms with Gasteiger partial charge in [0.1, 0.15) is 16.3 Å². The summed E-state index contributed by atoms with van der Waals surface area (Å²) in [4.78, 5) is 16.5. The number of pyridine rings is 1. The molecule has 1 aromatic carbocycles. The standard InChI is InChI=1S/C16H13N3O2S/c1-8-14-10(7-13(21)18-16(14)22-19-8)11-6-5-9-3-2-4-12(20)15(9)17-11/h2-6,10,20H,7H2,1H3,(H,18,21). The largest absolute Gasteiger partial charge is 0.506 e. The number of fused-ring (bicyclic) bond motifs is 2. The maximum atomic E-state index is 11.9. The van der Waals surface area contributed by atoms with Gasteiger partial charge in [0.2, 0.25) is 5.91 Å². The van der Waals surface area contributed by atoms with Crippen molar-refractivity contribution in [3.05, 3.63) is 47.3 Å². The van der Waals surface area contributed by atoms with Gasteiger partial charge in [0.25, 0.3) is 0 Å². The Labute approximate surface area is 130 Å². The van der Waals surface area contributed by atoms with Crippen molar-refractivity contribution in [3.63, 3.8) is 0 Å². The summed E-state index contributed by atoms with van der Waals surface area (Å²) in [5.74, 6) is 0.00633. The molecule has 3 aromatic rings. The topological polar surface area (TPSA) is 75.1 Å². The molecule has 0 saturated heterocycles. The van der Waals surface area contributed by atoms with Gasteiger partial charge >= 0.3 is 0 Å². The summed E-state index contributed by atoms with van der Waals surface area (Å²) in [6.45, 7) is 1.94. The van der Waals surface area contributed by atoms with Crippen LogP contribution >= 0.6 is 11.5 Å². The van der Waals surface area contributed by atoms with Crippen LogP contribution in [-0.2, 0) is 4.79 Å². The van der Waals surface area contributed by atoms with Crippen LogP contribution in [0.4, 0.5) is 5.00 Å². The van der Waals surface area contributed by atoms with E-state index in [0.29, 0.717) is 11.9 Å². The highest BCUT2D eigenvalue weighted by molar-refractivity contribution is 7.10. The predicted molar refractivity (Wildman–Crippen MR) is 85.3 cm³/mol. The van der Waals surface area contributed by atoms with Crippen molar-refractivity contribution in [1.29, 1.82) is 0 Å². The number of rotatable bonds is 1. The van der Waals surface area contributed by atoms with E-state index < -0.39 is 0 Å². The molecule has 0 spiro atoms. The number of anilines is 1. The van der Waals surface area contributed by atoms with Crippen molar-refractivity contribution in [1.82, 2.24) is 9.36 Å². The molecule has 2 aromatic heterocycles. The number of aromatic hydroxyl groups is 1. The highest BCUT2D eigenvalue weighted by atomic mass is 32.1. The summed E-state index contributed by atoms with van der Waals surface area (Å²) in [5.41, 5.74) is 3.30. The number of carbonyl (C=O) groups is 1. The van der Waals surface area contributed by atoms with Crippen LogP contribution in [0.25, 0.3) is 10.9 Å². The van der Waals surface area contributed by atoms with E-state index in [4.69, 9.17) is 0 Å². The number of benzene rings is 1. The molecular formula is C16H13N3O2S. The first-order valence-corrected chi connectivity index (χ1v) is 7.75. The van der Waals surface area contributed by atoms with E-state index >= 15 is 0 Å². The van der Waals surface area contributed by atoms with Gasteiger partial charge in [-0.1, -0.05) is 18.2 Å². The summed E-state index contributed by atoms with van der Waals surface area (Å²) >= 11 is 1.30. The summed E-state index contributed by atoms with van der Waals surface area (Å²) in [7, 11) is 0. The molecular weight excluding hydrogens is 298 g/mol. The number of hydrogen-bond donors (Lipinski definition) is 2. The lowest BCUT2D eigenvalue weighted by Crippen LogP contribution is -2.23. The lowest BCUT2D eigenvalue weighted by atomic mass is 9.89. The molecule has 0 radical (unpaired) electrons. The zero-order chi connectivity index (χ0) is 15.3. The van der Waals surface area contributed by atoms with Crippen LogP contribution in [-0.4, -0.2) is 20.4 Å². The number of para-hydroxylation sites is 1. The number of aromatic nitrogens is 2. The minimum absolute atomic E-state index is 0.0275. The molecule has 1 aliphatic heterocycles. The lowest BCUT2D eigenvalue weighted by molar-refractivity contribution is -0.116. The van der Waals surface area contributed by atoms with E-state index in [-0.39, 0.29) is 17.6 Å². The van der Waals surface area contributed by atoms with Crippen LogP contribution in [0.2, 0.25) is 0 Å². The average molecular weight is 311 g/mol. The van der Waals surface area contributed by atoms with Crippen molar-refractivity contribution < 1.29 is 9.90 Å². The summed E-state index contributed by atoms with van der Waals surface area (Å²) in [6, 6.07) is 9.17. The second-order valence-electron chi connectivity index (χ2n) is 5.40. The quantitative estimate of drug-likeness (QED) is 0.724. The highest BCUT2D eigenvalue weighted by Gasteiger charge is 2.31. The molecule has 1 aliphatic rings. The number of carbonyl (C=O) groups excluding carboxylic acids is 1. The van der Waals surface area contributed by atoms with E-state index in [9.17, 15) is 9.90 Å². The first kappa shape index (κ1) is 13.2. The van der Waals surface area contributed by atoms with E-state index in [1.165, 1.54) is 11.5 Å². The van der Waals surface area contributed by atoms with E-state index in [2.05, 4.69) is 14.7 Å². The van der Waals surface area contributed by atoms with Crippen molar-refractivity contribution in [3.8, 4) is 5.75 Å². The molecule has 1 unspecified atom stereocenters. The molecule has 0 bridgehead atoms. The third-order valence-corrected chi connectivity index (χ3v) is 4.85. The summed E-state index contributed by atoms with van der Waals surface area (Å²) in [6.07, 6.45) is 0.346. The van der Waals surface area contributed by atoms with Gasteiger partial charge in [-0.15, -0.1) is 0 Å². The van der Waals surface area contributed by atoms with Gasteiger partial charge in [-0.3, -0.25) is 4.79 Å². The zero-order valence-corrected chi connectivity index (χ0v) is 12.6. The lowest BCUT2D eigenvalue weighted by Gasteiger charge is -2.22. The second kappa shape index (κ2) is 4.78. The Morgan fingerprint density at radius 2 is 2.18 bits per heavy atom. The second-order valence-corrected chi connectivity index (χ2v) is 6.17. The smallest absolute Gasteiger partial charge is 0.226 e. The fourth-order valence-electron chi connectivity index (χ4n) is 2.94. The Balaban J connectivity index is 1.90. The van der Waals surface area contributed by atoms with E-state index in [0.717, 1.165) is 27.3 Å². The van der Waals surface area contributed by atoms with Crippen LogP contribution in [0.15, 0.2) is 30.3 Å². The maximum Gasteiger partial charge on any atom is 0.226 e. The van der Waals surface area contributed by atoms with E-state index in [1.54, 1.807) is 12.1 Å². The molecule has 4 rings (SSSR count). The fraction of sp³-hybridized carbons (Fsp3) is 0.188. The summed E-state index contributed by atoms with van der Waals surface area (Å²) in [5, 5.41) is 14.6. The molecule has 1 atom stereocenters. The van der Waals surface area contributed by atoms with Crippen LogP contribution < -0.4 is 5.32 Å². The van der Waals surface area contributed by atoms with Crippen LogP contribution in [0, 0.1) is 6.92 Å². The van der Waals surface area contributed by atoms with Gasteiger partial charge in [-0.25, -0.2) is 4.98 Å².